The van der Waals surface area contributed by atoms with Crippen LogP contribution in [0.2, 0.25) is 0 Å². The van der Waals surface area contributed by atoms with E-state index in [2.05, 4.69) is 20.8 Å². The first-order chi connectivity index (χ1) is 11.9. The second kappa shape index (κ2) is 5.32. The zero-order valence-corrected chi connectivity index (χ0v) is 16.2. The molecule has 0 bridgehead atoms. The fourth-order valence-electron chi connectivity index (χ4n) is 8.21. The van der Waals surface area contributed by atoms with E-state index in [1.165, 1.54) is 19.3 Å². The first-order valence-electron chi connectivity index (χ1n) is 10.7. The van der Waals surface area contributed by atoms with Gasteiger partial charge in [-0.1, -0.05) is 20.8 Å². The van der Waals surface area contributed by atoms with Gasteiger partial charge in [-0.3, -0.25) is 4.79 Å². The lowest BCUT2D eigenvalue weighted by atomic mass is 9.42. The number of ether oxygens (including phenoxy) is 2. The van der Waals surface area contributed by atoms with Crippen LogP contribution in [0.1, 0.15) is 72.1 Å². The summed E-state index contributed by atoms with van der Waals surface area (Å²) in [5.41, 5.74) is 0.400. The van der Waals surface area contributed by atoms with Crippen LogP contribution in [0.4, 0.5) is 0 Å². The van der Waals surface area contributed by atoms with Gasteiger partial charge in [-0.15, -0.1) is 0 Å². The summed E-state index contributed by atoms with van der Waals surface area (Å²) in [6.07, 6.45) is 9.16. The third-order valence-corrected chi connectivity index (χ3v) is 9.72. The minimum atomic E-state index is -0.275. The van der Waals surface area contributed by atoms with E-state index >= 15 is 0 Å². The molecule has 1 unspecified atom stereocenters. The number of rotatable bonds is 0. The van der Waals surface area contributed by atoms with Gasteiger partial charge in [0.25, 0.3) is 0 Å². The molecule has 4 saturated carbocycles. The van der Waals surface area contributed by atoms with Crippen LogP contribution in [-0.2, 0) is 14.3 Å². The highest BCUT2D eigenvalue weighted by Crippen LogP contribution is 2.68. The highest BCUT2D eigenvalue weighted by Gasteiger charge is 2.64. The Balaban J connectivity index is 1.46. The van der Waals surface area contributed by atoms with E-state index in [4.69, 9.17) is 9.47 Å². The molecule has 3 heteroatoms. The van der Waals surface area contributed by atoms with E-state index in [9.17, 15) is 4.79 Å². The Morgan fingerprint density at radius 2 is 1.72 bits per heavy atom. The summed E-state index contributed by atoms with van der Waals surface area (Å²) < 4.78 is 12.2. The van der Waals surface area contributed by atoms with Crippen molar-refractivity contribution in [1.82, 2.24) is 0 Å². The van der Waals surface area contributed by atoms with E-state index in [-0.39, 0.29) is 11.2 Å². The maximum absolute atomic E-state index is 12.6. The number of fused-ring (bicyclic) bond motifs is 5. The molecule has 1 aliphatic heterocycles. The maximum atomic E-state index is 12.6. The lowest BCUT2D eigenvalue weighted by Gasteiger charge is -2.63. The Hall–Kier alpha value is -0.410. The van der Waals surface area contributed by atoms with Gasteiger partial charge in [0.2, 0.25) is 0 Å². The summed E-state index contributed by atoms with van der Waals surface area (Å²) in [5.74, 6) is 3.86. The number of hydrogen-bond donors (Lipinski definition) is 0. The van der Waals surface area contributed by atoms with Crippen LogP contribution < -0.4 is 0 Å². The normalized spacial score (nSPS) is 54.2. The van der Waals surface area contributed by atoms with Crippen molar-refractivity contribution in [2.24, 2.45) is 40.4 Å². The van der Waals surface area contributed by atoms with E-state index in [0.29, 0.717) is 23.0 Å². The molecule has 7 atom stereocenters. The van der Waals surface area contributed by atoms with Crippen molar-refractivity contribution < 1.29 is 14.3 Å². The van der Waals surface area contributed by atoms with Crippen LogP contribution in [0.25, 0.3) is 0 Å². The summed E-state index contributed by atoms with van der Waals surface area (Å²) in [7, 11) is 0. The Kier molecular flexibility index (Phi) is 3.56. The van der Waals surface area contributed by atoms with Gasteiger partial charge < -0.3 is 9.47 Å². The molecule has 5 aliphatic rings. The van der Waals surface area contributed by atoms with Crippen molar-refractivity contribution in [1.29, 1.82) is 0 Å². The van der Waals surface area contributed by atoms with Gasteiger partial charge >= 0.3 is 0 Å². The summed E-state index contributed by atoms with van der Waals surface area (Å²) in [5, 5.41) is 0. The van der Waals surface area contributed by atoms with Crippen molar-refractivity contribution in [3.8, 4) is 0 Å². The number of carbonyl (C=O) groups excluding carboxylic acids is 1. The molecule has 140 valence electrons. The van der Waals surface area contributed by atoms with E-state index in [0.717, 1.165) is 63.1 Å². The molecule has 25 heavy (non-hydrogen) atoms. The molecule has 0 amide bonds. The monoisotopic (exact) mass is 346 g/mol. The fraction of sp³-hybridized carbons (Fsp3) is 0.955. The second-order valence-electron chi connectivity index (χ2n) is 10.4. The average Bonchev–Trinajstić information content (AvgIpc) is 3.14. The van der Waals surface area contributed by atoms with Crippen LogP contribution in [0.3, 0.4) is 0 Å². The SMILES string of the molecule is CC1CC2(C[C@@H]3CC[C@@H]4[C@H](CC[C@]5(C)C(=O)CC[C@@H]45)[C@@]13C)OCCO2. The smallest absolute Gasteiger partial charge is 0.169 e. The van der Waals surface area contributed by atoms with Gasteiger partial charge in [0.15, 0.2) is 5.79 Å². The number of ketones is 1. The van der Waals surface area contributed by atoms with Crippen molar-refractivity contribution in [2.45, 2.75) is 77.9 Å². The number of hydrogen-bond acceptors (Lipinski definition) is 3. The molecule has 0 aromatic carbocycles. The number of Topliss-reactive ketones (excluding diaryl/α,β-unsaturated/α-hetero) is 1. The lowest BCUT2D eigenvalue weighted by molar-refractivity contribution is -0.247. The first-order valence-corrected chi connectivity index (χ1v) is 10.7. The van der Waals surface area contributed by atoms with Crippen LogP contribution >= 0.6 is 0 Å². The highest BCUT2D eigenvalue weighted by atomic mass is 16.7. The number of carbonyl (C=O) groups is 1. The Labute approximate surface area is 152 Å². The minimum absolute atomic E-state index is 0.00116. The molecule has 4 aliphatic carbocycles. The predicted molar refractivity (Wildman–Crippen MR) is 95.9 cm³/mol. The molecule has 0 aromatic rings. The molecule has 5 rings (SSSR count). The molecular formula is C22H34O3. The summed E-state index contributed by atoms with van der Waals surface area (Å²) in [6.45, 7) is 8.86. The summed E-state index contributed by atoms with van der Waals surface area (Å²) >= 11 is 0. The zero-order chi connectivity index (χ0) is 17.4. The van der Waals surface area contributed by atoms with Crippen LogP contribution in [0, 0.1) is 40.4 Å². The molecule has 0 radical (unpaired) electrons. The van der Waals surface area contributed by atoms with Gasteiger partial charge in [0, 0.05) is 24.7 Å². The quantitative estimate of drug-likeness (QED) is 0.644. The van der Waals surface area contributed by atoms with Crippen LogP contribution in [0.15, 0.2) is 0 Å². The molecular weight excluding hydrogens is 312 g/mol. The zero-order valence-electron chi connectivity index (χ0n) is 16.2. The van der Waals surface area contributed by atoms with Gasteiger partial charge in [0.05, 0.1) is 13.2 Å². The predicted octanol–water partition coefficient (Wildman–Crippen LogP) is 4.59. The molecule has 5 fully saturated rings. The van der Waals surface area contributed by atoms with E-state index in [1.807, 2.05) is 0 Å². The molecule has 0 N–H and O–H groups in total. The maximum Gasteiger partial charge on any atom is 0.169 e. The van der Waals surface area contributed by atoms with Gasteiger partial charge in [-0.05, 0) is 67.1 Å². The van der Waals surface area contributed by atoms with Crippen LogP contribution in [0.5, 0.6) is 0 Å². The third kappa shape index (κ3) is 2.09. The highest BCUT2D eigenvalue weighted by molar-refractivity contribution is 5.87. The standard InChI is InChI=1S/C22H34O3/c1-14-12-22(24-10-11-25-22)13-15-4-5-16-17-6-7-19(23)20(17,2)9-8-18(16)21(14,15)3/h14-18H,4-13H2,1-3H3/t14?,15-,16-,17-,18-,20-,21-/m0/s1. The largest absolute Gasteiger partial charge is 0.348 e. The second-order valence-corrected chi connectivity index (χ2v) is 10.4. The molecule has 0 aromatic heterocycles. The average molecular weight is 347 g/mol. The summed E-state index contributed by atoms with van der Waals surface area (Å²) in [4.78, 5) is 12.6. The fourth-order valence-corrected chi connectivity index (χ4v) is 8.21. The van der Waals surface area contributed by atoms with Gasteiger partial charge in [0.1, 0.15) is 5.78 Å². The summed E-state index contributed by atoms with van der Waals surface area (Å²) in [6, 6.07) is 0. The Morgan fingerprint density at radius 1 is 0.960 bits per heavy atom. The minimum Gasteiger partial charge on any atom is -0.348 e. The molecule has 3 nitrogen and oxygen atoms in total. The van der Waals surface area contributed by atoms with Crippen molar-refractivity contribution >= 4 is 5.78 Å². The molecule has 1 spiro atoms. The Bertz CT molecular complexity index is 580. The Morgan fingerprint density at radius 3 is 2.48 bits per heavy atom. The van der Waals surface area contributed by atoms with Gasteiger partial charge in [-0.2, -0.15) is 0 Å². The van der Waals surface area contributed by atoms with Gasteiger partial charge in [-0.25, -0.2) is 0 Å². The molecule has 1 heterocycles. The first kappa shape index (κ1) is 16.7. The third-order valence-electron chi connectivity index (χ3n) is 9.72. The topological polar surface area (TPSA) is 35.5 Å². The van der Waals surface area contributed by atoms with Crippen LogP contribution in [-0.4, -0.2) is 24.8 Å². The lowest BCUT2D eigenvalue weighted by Crippen LogP contribution is -2.59. The molecule has 1 saturated heterocycles. The van der Waals surface area contributed by atoms with E-state index < -0.39 is 0 Å². The van der Waals surface area contributed by atoms with Crippen molar-refractivity contribution in [3.63, 3.8) is 0 Å². The van der Waals surface area contributed by atoms with Crippen molar-refractivity contribution in [2.75, 3.05) is 13.2 Å². The van der Waals surface area contributed by atoms with Crippen molar-refractivity contribution in [3.05, 3.63) is 0 Å². The van der Waals surface area contributed by atoms with E-state index in [1.54, 1.807) is 0 Å².